The van der Waals surface area contributed by atoms with E-state index in [2.05, 4.69) is 4.98 Å². The molecule has 3 N–H and O–H groups in total. The Labute approximate surface area is 144 Å². The molecule has 3 aromatic rings. The first-order valence-electron chi connectivity index (χ1n) is 7.69. The van der Waals surface area contributed by atoms with Gasteiger partial charge in [-0.05, 0) is 35.4 Å². The van der Waals surface area contributed by atoms with Crippen LogP contribution in [0.5, 0.6) is 0 Å². The fraction of sp³-hybridized carbons (Fsp3) is 0.167. The van der Waals surface area contributed by atoms with Crippen LogP contribution in [0.1, 0.15) is 34.9 Å². The van der Waals surface area contributed by atoms with Gasteiger partial charge in [-0.2, -0.15) is 8.42 Å². The molecule has 4 rings (SSSR count). The monoisotopic (exact) mass is 357 g/mol. The van der Waals surface area contributed by atoms with Crippen molar-refractivity contribution in [2.45, 2.75) is 23.0 Å². The number of pyridine rings is 1. The molecule has 0 saturated heterocycles. The highest BCUT2D eigenvalue weighted by atomic mass is 32.2. The predicted molar refractivity (Wildman–Crippen MR) is 90.7 cm³/mol. The molecule has 2 aromatic carbocycles. The van der Waals surface area contributed by atoms with E-state index in [1.807, 2.05) is 12.1 Å². The summed E-state index contributed by atoms with van der Waals surface area (Å²) in [6.07, 6.45) is -1.73. The lowest BCUT2D eigenvalue weighted by Gasteiger charge is -2.18. The third-order valence-corrected chi connectivity index (χ3v) is 5.48. The number of aliphatic hydroxyl groups excluding tert-OH is 2. The fourth-order valence-electron chi connectivity index (χ4n) is 3.40. The number of benzene rings is 2. The molecule has 2 unspecified atom stereocenters. The first-order valence-corrected chi connectivity index (χ1v) is 9.13. The second-order valence-corrected chi connectivity index (χ2v) is 7.53. The summed E-state index contributed by atoms with van der Waals surface area (Å²) in [4.78, 5) is 4.26. The first-order chi connectivity index (χ1) is 11.9. The number of fused-ring (bicyclic) bond motifs is 2. The van der Waals surface area contributed by atoms with E-state index in [0.29, 0.717) is 27.7 Å². The molecule has 0 fully saturated rings. The lowest BCUT2D eigenvalue weighted by molar-refractivity contribution is 0.0753. The highest BCUT2D eigenvalue weighted by Crippen LogP contribution is 2.48. The van der Waals surface area contributed by atoms with Crippen LogP contribution in [0.4, 0.5) is 0 Å². The van der Waals surface area contributed by atoms with Gasteiger partial charge in [0.25, 0.3) is 10.1 Å². The van der Waals surface area contributed by atoms with Crippen LogP contribution in [0.2, 0.25) is 0 Å². The van der Waals surface area contributed by atoms with Crippen molar-refractivity contribution in [3.63, 3.8) is 0 Å². The number of hydrogen-bond donors (Lipinski definition) is 3. The molecule has 1 aromatic heterocycles. The number of aromatic nitrogens is 1. The molecule has 0 spiro atoms. The standard InChI is InChI=1S/C18H15NO5S/c20-17-12-3-1-2-4-13(12)18(21)16(17)15-7-5-10-9-11(25(22,23)24)6-8-14(10)19-15/h1-9,16-18,20-21H,(H,22,23,24). The van der Waals surface area contributed by atoms with Crippen LogP contribution in [-0.4, -0.2) is 28.2 Å². The molecular formula is C18H15NO5S. The van der Waals surface area contributed by atoms with E-state index >= 15 is 0 Å². The van der Waals surface area contributed by atoms with Gasteiger partial charge >= 0.3 is 0 Å². The zero-order valence-electron chi connectivity index (χ0n) is 12.9. The minimum Gasteiger partial charge on any atom is -0.388 e. The van der Waals surface area contributed by atoms with Crippen molar-refractivity contribution in [3.05, 3.63) is 71.4 Å². The third kappa shape index (κ3) is 2.61. The molecule has 25 heavy (non-hydrogen) atoms. The van der Waals surface area contributed by atoms with E-state index in [1.165, 1.54) is 18.2 Å². The average molecular weight is 357 g/mol. The molecule has 7 heteroatoms. The summed E-state index contributed by atoms with van der Waals surface area (Å²) in [5, 5.41) is 21.7. The Morgan fingerprint density at radius 3 is 2.12 bits per heavy atom. The Hall–Kier alpha value is -2.32. The van der Waals surface area contributed by atoms with Gasteiger partial charge in [0, 0.05) is 5.39 Å². The number of nitrogens with zero attached hydrogens (tertiary/aromatic N) is 1. The smallest absolute Gasteiger partial charge is 0.294 e. The maximum Gasteiger partial charge on any atom is 0.294 e. The molecule has 0 bridgehead atoms. The fourth-order valence-corrected chi connectivity index (χ4v) is 3.91. The second-order valence-electron chi connectivity index (χ2n) is 6.11. The molecule has 128 valence electrons. The largest absolute Gasteiger partial charge is 0.388 e. The van der Waals surface area contributed by atoms with E-state index in [0.717, 1.165) is 0 Å². The number of rotatable bonds is 2. The second kappa shape index (κ2) is 5.60. The van der Waals surface area contributed by atoms with E-state index < -0.39 is 28.2 Å². The zero-order valence-corrected chi connectivity index (χ0v) is 13.8. The molecule has 6 nitrogen and oxygen atoms in total. The Bertz CT molecular complexity index is 1050. The average Bonchev–Trinajstić information content (AvgIpc) is 2.85. The molecule has 0 saturated carbocycles. The normalized spacial score (nSPS) is 22.9. The summed E-state index contributed by atoms with van der Waals surface area (Å²) < 4.78 is 31.6. The van der Waals surface area contributed by atoms with Crippen molar-refractivity contribution < 1.29 is 23.2 Å². The molecule has 0 aliphatic heterocycles. The van der Waals surface area contributed by atoms with E-state index in [9.17, 15) is 18.6 Å². The molecule has 0 radical (unpaired) electrons. The Balaban J connectivity index is 1.78. The van der Waals surface area contributed by atoms with E-state index in [-0.39, 0.29) is 4.90 Å². The van der Waals surface area contributed by atoms with Crippen LogP contribution < -0.4 is 0 Å². The summed E-state index contributed by atoms with van der Waals surface area (Å²) in [7, 11) is -4.28. The molecule has 1 aliphatic rings. The summed E-state index contributed by atoms with van der Waals surface area (Å²) in [5.41, 5.74) is 2.40. The van der Waals surface area contributed by atoms with Gasteiger partial charge in [-0.3, -0.25) is 9.54 Å². The van der Waals surface area contributed by atoms with E-state index in [4.69, 9.17) is 4.55 Å². The first kappa shape index (κ1) is 16.2. The molecule has 0 amide bonds. The van der Waals surface area contributed by atoms with Crippen LogP contribution in [0.3, 0.4) is 0 Å². The number of hydrogen-bond acceptors (Lipinski definition) is 5. The molecule has 1 aliphatic carbocycles. The van der Waals surface area contributed by atoms with Gasteiger partial charge in [0.05, 0.1) is 34.2 Å². The van der Waals surface area contributed by atoms with Gasteiger partial charge in [0.1, 0.15) is 0 Å². The van der Waals surface area contributed by atoms with Crippen LogP contribution >= 0.6 is 0 Å². The van der Waals surface area contributed by atoms with Crippen molar-refractivity contribution in [1.82, 2.24) is 4.98 Å². The van der Waals surface area contributed by atoms with Crippen LogP contribution in [0.15, 0.2) is 59.5 Å². The summed E-state index contributed by atoms with van der Waals surface area (Å²) >= 11 is 0. The van der Waals surface area contributed by atoms with Gasteiger partial charge in [0.15, 0.2) is 0 Å². The van der Waals surface area contributed by atoms with Crippen molar-refractivity contribution in [2.75, 3.05) is 0 Å². The van der Waals surface area contributed by atoms with Gasteiger partial charge < -0.3 is 10.2 Å². The lowest BCUT2D eigenvalue weighted by atomic mass is 9.96. The minimum absolute atomic E-state index is 0.206. The van der Waals surface area contributed by atoms with Crippen LogP contribution in [0, 0.1) is 0 Å². The summed E-state index contributed by atoms with van der Waals surface area (Å²) in [5.74, 6) is -0.594. The summed E-state index contributed by atoms with van der Waals surface area (Å²) in [6.45, 7) is 0. The molecule has 1 heterocycles. The van der Waals surface area contributed by atoms with Crippen molar-refractivity contribution in [1.29, 1.82) is 0 Å². The van der Waals surface area contributed by atoms with E-state index in [1.54, 1.807) is 24.3 Å². The van der Waals surface area contributed by atoms with Crippen LogP contribution in [0.25, 0.3) is 10.9 Å². The highest BCUT2D eigenvalue weighted by Gasteiger charge is 2.40. The molecular weight excluding hydrogens is 342 g/mol. The highest BCUT2D eigenvalue weighted by molar-refractivity contribution is 7.85. The SMILES string of the molecule is O=S(=O)(O)c1ccc2nc(C3C(O)c4ccccc4C3O)ccc2c1. The Kier molecular flexibility index (Phi) is 3.62. The topological polar surface area (TPSA) is 108 Å². The van der Waals surface area contributed by atoms with Crippen molar-refractivity contribution in [2.24, 2.45) is 0 Å². The van der Waals surface area contributed by atoms with Gasteiger partial charge in [-0.25, -0.2) is 0 Å². The third-order valence-electron chi connectivity index (χ3n) is 4.64. The van der Waals surface area contributed by atoms with Crippen molar-refractivity contribution in [3.8, 4) is 0 Å². The van der Waals surface area contributed by atoms with Crippen molar-refractivity contribution >= 4 is 21.0 Å². The quantitative estimate of drug-likeness (QED) is 0.608. The molecule has 2 atom stereocenters. The maximum atomic E-state index is 11.2. The van der Waals surface area contributed by atoms with Gasteiger partial charge in [0.2, 0.25) is 0 Å². The Morgan fingerprint density at radius 1 is 0.880 bits per heavy atom. The minimum atomic E-state index is -4.28. The summed E-state index contributed by atoms with van der Waals surface area (Å²) in [6, 6.07) is 14.6. The Morgan fingerprint density at radius 2 is 1.52 bits per heavy atom. The van der Waals surface area contributed by atoms with Gasteiger partial charge in [-0.1, -0.05) is 30.3 Å². The lowest BCUT2D eigenvalue weighted by Crippen LogP contribution is -2.11. The predicted octanol–water partition coefficient (Wildman–Crippen LogP) is 2.35. The van der Waals surface area contributed by atoms with Crippen LogP contribution in [-0.2, 0) is 10.1 Å². The zero-order chi connectivity index (χ0) is 17.8. The number of aliphatic hydroxyl groups is 2. The van der Waals surface area contributed by atoms with Gasteiger partial charge in [-0.15, -0.1) is 0 Å². The maximum absolute atomic E-state index is 11.2.